The average Bonchev–Trinajstić information content (AvgIpc) is 2.33. The van der Waals surface area contributed by atoms with Crippen LogP contribution in [0.2, 0.25) is 0 Å². The lowest BCUT2D eigenvalue weighted by atomic mass is 9.89. The highest BCUT2D eigenvalue weighted by molar-refractivity contribution is 5.87. The molecule has 0 heterocycles. The summed E-state index contributed by atoms with van der Waals surface area (Å²) in [6.07, 6.45) is 4.93. The summed E-state index contributed by atoms with van der Waals surface area (Å²) in [5, 5.41) is 8.79. The Labute approximate surface area is 101 Å². The molecule has 1 aromatic rings. The van der Waals surface area contributed by atoms with E-state index in [0.29, 0.717) is 11.7 Å². The topological polar surface area (TPSA) is 46.5 Å². The van der Waals surface area contributed by atoms with Gasteiger partial charge in [-0.15, -0.1) is 0 Å². The molecule has 0 aliphatic heterocycles. The van der Waals surface area contributed by atoms with Crippen LogP contribution in [0.15, 0.2) is 24.3 Å². The zero-order valence-electron chi connectivity index (χ0n) is 10.1. The number of hydrogen-bond donors (Lipinski definition) is 1. The van der Waals surface area contributed by atoms with Gasteiger partial charge >= 0.3 is 5.97 Å². The number of hydrogen-bond acceptors (Lipinski definition) is 2. The molecular weight excluding hydrogens is 216 g/mol. The van der Waals surface area contributed by atoms with Gasteiger partial charge in [0.2, 0.25) is 0 Å². The lowest BCUT2D eigenvalue weighted by molar-refractivity contribution is 0.0697. The standard InChI is InChI=1S/C14H18O3/c1-10-2-6-12(7-3-10)17-13-8-4-11(5-9-13)14(15)16/h4-5,8-10,12H,2-3,6-7H2,1H3,(H,15,16). The van der Waals surface area contributed by atoms with Gasteiger partial charge in [-0.2, -0.15) is 0 Å². The van der Waals surface area contributed by atoms with Crippen LogP contribution in [-0.2, 0) is 0 Å². The molecule has 0 bridgehead atoms. The van der Waals surface area contributed by atoms with Gasteiger partial charge in [-0.05, 0) is 55.9 Å². The molecule has 3 nitrogen and oxygen atoms in total. The van der Waals surface area contributed by atoms with Crippen molar-refractivity contribution in [3.05, 3.63) is 29.8 Å². The predicted octanol–water partition coefficient (Wildman–Crippen LogP) is 3.34. The van der Waals surface area contributed by atoms with Crippen molar-refractivity contribution in [2.75, 3.05) is 0 Å². The summed E-state index contributed by atoms with van der Waals surface area (Å²) in [5.41, 5.74) is 0.301. The molecule has 0 spiro atoms. The van der Waals surface area contributed by atoms with Gasteiger partial charge in [-0.1, -0.05) is 6.92 Å². The zero-order valence-corrected chi connectivity index (χ0v) is 10.1. The molecule has 2 rings (SSSR count). The van der Waals surface area contributed by atoms with Crippen LogP contribution in [0.5, 0.6) is 5.75 Å². The molecule has 0 radical (unpaired) electrons. The van der Waals surface area contributed by atoms with Gasteiger partial charge in [0.05, 0.1) is 11.7 Å². The van der Waals surface area contributed by atoms with Crippen LogP contribution in [0.3, 0.4) is 0 Å². The number of carboxylic acids is 1. The highest BCUT2D eigenvalue weighted by Crippen LogP contribution is 2.27. The normalized spacial score (nSPS) is 24.3. The largest absolute Gasteiger partial charge is 0.490 e. The van der Waals surface area contributed by atoms with Crippen molar-refractivity contribution in [1.82, 2.24) is 0 Å². The number of ether oxygens (including phenoxy) is 1. The van der Waals surface area contributed by atoms with Gasteiger partial charge in [0.25, 0.3) is 0 Å². The molecule has 1 fully saturated rings. The quantitative estimate of drug-likeness (QED) is 0.872. The number of benzene rings is 1. The van der Waals surface area contributed by atoms with E-state index >= 15 is 0 Å². The molecule has 0 saturated heterocycles. The first kappa shape index (κ1) is 12.0. The van der Waals surface area contributed by atoms with Gasteiger partial charge < -0.3 is 9.84 Å². The Kier molecular flexibility index (Phi) is 3.67. The third-order valence-corrected chi connectivity index (χ3v) is 3.37. The van der Waals surface area contributed by atoms with Crippen molar-refractivity contribution in [1.29, 1.82) is 0 Å². The van der Waals surface area contributed by atoms with Gasteiger partial charge in [-0.25, -0.2) is 4.79 Å². The van der Waals surface area contributed by atoms with E-state index < -0.39 is 5.97 Å². The van der Waals surface area contributed by atoms with Gasteiger partial charge in [-0.3, -0.25) is 0 Å². The van der Waals surface area contributed by atoms with Gasteiger partial charge in [0, 0.05) is 0 Å². The van der Waals surface area contributed by atoms with Gasteiger partial charge in [0.1, 0.15) is 5.75 Å². The average molecular weight is 234 g/mol. The molecule has 92 valence electrons. The third kappa shape index (κ3) is 3.22. The van der Waals surface area contributed by atoms with Crippen molar-refractivity contribution < 1.29 is 14.6 Å². The molecule has 0 amide bonds. The number of rotatable bonds is 3. The van der Waals surface area contributed by atoms with Crippen molar-refractivity contribution in [3.8, 4) is 5.75 Å². The molecule has 1 aliphatic rings. The fourth-order valence-corrected chi connectivity index (χ4v) is 2.22. The maximum Gasteiger partial charge on any atom is 0.335 e. The van der Waals surface area contributed by atoms with Crippen LogP contribution < -0.4 is 4.74 Å². The summed E-state index contributed by atoms with van der Waals surface area (Å²) < 4.78 is 5.85. The van der Waals surface area contributed by atoms with E-state index in [1.165, 1.54) is 12.8 Å². The second kappa shape index (κ2) is 5.21. The Bertz CT molecular complexity index is 375. The summed E-state index contributed by atoms with van der Waals surface area (Å²) in [6, 6.07) is 6.65. The number of carboxylic acid groups (broad SMARTS) is 1. The highest BCUT2D eigenvalue weighted by atomic mass is 16.5. The first-order chi connectivity index (χ1) is 8.15. The first-order valence-corrected chi connectivity index (χ1v) is 6.15. The van der Waals surface area contributed by atoms with Crippen LogP contribution in [0.25, 0.3) is 0 Å². The minimum atomic E-state index is -0.900. The lowest BCUT2D eigenvalue weighted by Crippen LogP contribution is -2.23. The molecule has 1 aliphatic carbocycles. The SMILES string of the molecule is CC1CCC(Oc2ccc(C(=O)O)cc2)CC1. The second-order valence-corrected chi connectivity index (χ2v) is 4.83. The molecule has 0 unspecified atom stereocenters. The summed E-state index contributed by atoms with van der Waals surface area (Å²) in [7, 11) is 0. The van der Waals surface area contributed by atoms with Crippen LogP contribution in [0.4, 0.5) is 0 Å². The van der Waals surface area contributed by atoms with Crippen molar-refractivity contribution in [2.24, 2.45) is 5.92 Å². The van der Waals surface area contributed by atoms with Crippen molar-refractivity contribution in [2.45, 2.75) is 38.7 Å². The number of carbonyl (C=O) groups is 1. The maximum atomic E-state index is 10.7. The van der Waals surface area contributed by atoms with Crippen LogP contribution in [0.1, 0.15) is 43.0 Å². The molecular formula is C14H18O3. The fourth-order valence-electron chi connectivity index (χ4n) is 2.22. The molecule has 1 saturated carbocycles. The Hall–Kier alpha value is -1.51. The minimum Gasteiger partial charge on any atom is -0.490 e. The molecule has 1 aromatic carbocycles. The molecule has 0 aromatic heterocycles. The summed E-state index contributed by atoms with van der Waals surface area (Å²) in [5.74, 6) is 0.682. The molecule has 17 heavy (non-hydrogen) atoms. The molecule has 1 N–H and O–H groups in total. The van der Waals surface area contributed by atoms with Crippen LogP contribution in [0, 0.1) is 5.92 Å². The fraction of sp³-hybridized carbons (Fsp3) is 0.500. The summed E-state index contributed by atoms with van der Waals surface area (Å²) in [4.78, 5) is 10.7. The van der Waals surface area contributed by atoms with Gasteiger partial charge in [0.15, 0.2) is 0 Å². The Morgan fingerprint density at radius 3 is 2.29 bits per heavy atom. The maximum absolute atomic E-state index is 10.7. The van der Waals surface area contributed by atoms with Crippen LogP contribution in [-0.4, -0.2) is 17.2 Å². The second-order valence-electron chi connectivity index (χ2n) is 4.83. The van der Waals surface area contributed by atoms with E-state index in [2.05, 4.69) is 6.92 Å². The van der Waals surface area contributed by atoms with E-state index in [4.69, 9.17) is 9.84 Å². The first-order valence-electron chi connectivity index (χ1n) is 6.15. The van der Waals surface area contributed by atoms with E-state index in [1.54, 1.807) is 24.3 Å². The zero-order chi connectivity index (χ0) is 12.3. The van der Waals surface area contributed by atoms with Crippen molar-refractivity contribution >= 4 is 5.97 Å². The minimum absolute atomic E-state index is 0.293. The Morgan fingerprint density at radius 2 is 1.76 bits per heavy atom. The predicted molar refractivity (Wildman–Crippen MR) is 65.4 cm³/mol. The Morgan fingerprint density at radius 1 is 1.18 bits per heavy atom. The third-order valence-electron chi connectivity index (χ3n) is 3.37. The Balaban J connectivity index is 1.92. The summed E-state index contributed by atoms with van der Waals surface area (Å²) in [6.45, 7) is 2.28. The smallest absolute Gasteiger partial charge is 0.335 e. The highest BCUT2D eigenvalue weighted by Gasteiger charge is 2.19. The molecule has 3 heteroatoms. The lowest BCUT2D eigenvalue weighted by Gasteiger charge is -2.26. The van der Waals surface area contributed by atoms with E-state index in [-0.39, 0.29) is 0 Å². The van der Waals surface area contributed by atoms with E-state index in [0.717, 1.165) is 24.5 Å². The van der Waals surface area contributed by atoms with E-state index in [1.807, 2.05) is 0 Å². The van der Waals surface area contributed by atoms with Crippen LogP contribution >= 0.6 is 0 Å². The van der Waals surface area contributed by atoms with E-state index in [9.17, 15) is 4.79 Å². The molecule has 0 atom stereocenters. The number of aromatic carboxylic acids is 1. The monoisotopic (exact) mass is 234 g/mol. The van der Waals surface area contributed by atoms with Crippen molar-refractivity contribution in [3.63, 3.8) is 0 Å². The summed E-state index contributed by atoms with van der Waals surface area (Å²) >= 11 is 0.